The quantitative estimate of drug-likeness (QED) is 0.593. The van der Waals surface area contributed by atoms with Gasteiger partial charge in [0, 0.05) is 18.4 Å². The molecule has 154 valence electrons. The van der Waals surface area contributed by atoms with Gasteiger partial charge < -0.3 is 15.4 Å². The van der Waals surface area contributed by atoms with E-state index in [0.29, 0.717) is 23.7 Å². The molecule has 0 saturated heterocycles. The molecule has 0 unspecified atom stereocenters. The van der Waals surface area contributed by atoms with Crippen LogP contribution in [-0.4, -0.2) is 34.7 Å². The highest BCUT2D eigenvalue weighted by atomic mass is 16.5. The van der Waals surface area contributed by atoms with Gasteiger partial charge in [0.2, 0.25) is 0 Å². The minimum Gasteiger partial charge on any atom is -0.497 e. The molecule has 0 aliphatic heterocycles. The van der Waals surface area contributed by atoms with E-state index in [1.165, 1.54) is 0 Å². The number of para-hydroxylation sites is 2. The Labute approximate surface area is 175 Å². The summed E-state index contributed by atoms with van der Waals surface area (Å²) in [5.41, 5.74) is 2.28. The molecule has 2 aromatic carbocycles. The highest BCUT2D eigenvalue weighted by Gasteiger charge is 2.33. The van der Waals surface area contributed by atoms with Crippen LogP contribution in [0.25, 0.3) is 5.69 Å². The summed E-state index contributed by atoms with van der Waals surface area (Å²) in [6.45, 7) is 0. The fourth-order valence-electron chi connectivity index (χ4n) is 3.49. The van der Waals surface area contributed by atoms with Gasteiger partial charge in [0.05, 0.1) is 18.5 Å². The molecule has 1 heterocycles. The van der Waals surface area contributed by atoms with Crippen molar-refractivity contribution < 1.29 is 14.3 Å². The molecule has 7 nitrogen and oxygen atoms in total. The Balaban J connectivity index is 1.43. The van der Waals surface area contributed by atoms with Crippen LogP contribution in [0.1, 0.15) is 18.4 Å². The number of nitrogens with zero attached hydrogens (tertiary/aromatic N) is 2. The fourth-order valence-corrected chi connectivity index (χ4v) is 3.49. The lowest BCUT2D eigenvalue weighted by Crippen LogP contribution is -2.44. The zero-order chi connectivity index (χ0) is 20.9. The summed E-state index contributed by atoms with van der Waals surface area (Å²) in [7, 11) is 1.63. The van der Waals surface area contributed by atoms with Crippen molar-refractivity contribution in [3.8, 4) is 11.4 Å². The molecule has 4 rings (SSSR count). The van der Waals surface area contributed by atoms with Crippen molar-refractivity contribution in [2.24, 2.45) is 5.92 Å². The van der Waals surface area contributed by atoms with Gasteiger partial charge in [-0.05, 0) is 61.1 Å². The number of benzene rings is 2. The maximum atomic E-state index is 12.6. The van der Waals surface area contributed by atoms with Gasteiger partial charge in [-0.15, -0.1) is 0 Å². The van der Waals surface area contributed by atoms with Gasteiger partial charge >= 0.3 is 11.8 Å². The van der Waals surface area contributed by atoms with E-state index >= 15 is 0 Å². The van der Waals surface area contributed by atoms with E-state index in [0.717, 1.165) is 24.2 Å². The predicted octanol–water partition coefficient (Wildman–Crippen LogP) is 2.96. The van der Waals surface area contributed by atoms with Crippen molar-refractivity contribution in [2.45, 2.75) is 25.3 Å². The normalized spacial score (nSPS) is 14.0. The van der Waals surface area contributed by atoms with Gasteiger partial charge in [-0.2, -0.15) is 5.10 Å². The Morgan fingerprint density at radius 3 is 2.70 bits per heavy atom. The minimum atomic E-state index is -0.689. The van der Waals surface area contributed by atoms with Crippen LogP contribution < -0.4 is 15.4 Å². The number of ether oxygens (including phenoxy) is 1. The molecule has 1 aliphatic rings. The number of methoxy groups -OCH3 is 1. The van der Waals surface area contributed by atoms with Crippen molar-refractivity contribution >= 4 is 17.5 Å². The largest absolute Gasteiger partial charge is 0.497 e. The summed E-state index contributed by atoms with van der Waals surface area (Å²) < 4.78 is 6.92. The Kier molecular flexibility index (Phi) is 5.79. The minimum absolute atomic E-state index is 0.0864. The van der Waals surface area contributed by atoms with Crippen LogP contribution in [0.5, 0.6) is 5.75 Å². The molecule has 2 amide bonds. The Bertz CT molecular complexity index is 1030. The standard InChI is InChI=1S/C23H24N4O3/c1-30-18-7-4-6-16(14-18)15-20(17-10-11-17)26-23(29)22(28)25-19-8-2-3-9-21(19)27-13-5-12-24-27/h2-9,12-14,17,20H,10-11,15H2,1H3,(H,25,28)(H,26,29)/t20-/m0/s1. The predicted molar refractivity (Wildman–Crippen MR) is 114 cm³/mol. The molecule has 1 fully saturated rings. The van der Waals surface area contributed by atoms with Crippen LogP contribution in [-0.2, 0) is 16.0 Å². The average Bonchev–Trinajstić information content (AvgIpc) is 3.48. The molecule has 1 aromatic heterocycles. The molecule has 3 aromatic rings. The molecule has 0 spiro atoms. The van der Waals surface area contributed by atoms with E-state index in [-0.39, 0.29) is 6.04 Å². The first-order chi connectivity index (χ1) is 14.6. The summed E-state index contributed by atoms with van der Waals surface area (Å²) in [5.74, 6) is -0.151. The molecular weight excluding hydrogens is 380 g/mol. The second-order valence-electron chi connectivity index (χ2n) is 7.39. The number of rotatable bonds is 7. The van der Waals surface area contributed by atoms with E-state index in [1.807, 2.05) is 36.4 Å². The first kappa shape index (κ1) is 19.7. The van der Waals surface area contributed by atoms with Crippen molar-refractivity contribution in [3.63, 3.8) is 0 Å². The van der Waals surface area contributed by atoms with Crippen molar-refractivity contribution in [3.05, 3.63) is 72.6 Å². The van der Waals surface area contributed by atoms with Gasteiger partial charge in [0.1, 0.15) is 5.75 Å². The SMILES string of the molecule is COc1cccc(C[C@H](NC(=O)C(=O)Nc2ccccc2-n2cccn2)C2CC2)c1. The third kappa shape index (κ3) is 4.68. The maximum absolute atomic E-state index is 12.6. The smallest absolute Gasteiger partial charge is 0.313 e. The molecule has 0 bridgehead atoms. The second-order valence-corrected chi connectivity index (χ2v) is 7.39. The highest BCUT2D eigenvalue weighted by molar-refractivity contribution is 6.39. The number of carbonyl (C=O) groups excluding carboxylic acids is 2. The summed E-state index contributed by atoms with van der Waals surface area (Å²) in [6, 6.07) is 16.7. The zero-order valence-electron chi connectivity index (χ0n) is 16.7. The van der Waals surface area contributed by atoms with Gasteiger partial charge in [0.15, 0.2) is 0 Å². The topological polar surface area (TPSA) is 85.2 Å². The Morgan fingerprint density at radius 1 is 1.13 bits per heavy atom. The van der Waals surface area contributed by atoms with Crippen LogP contribution >= 0.6 is 0 Å². The van der Waals surface area contributed by atoms with Crippen molar-refractivity contribution in [1.82, 2.24) is 15.1 Å². The maximum Gasteiger partial charge on any atom is 0.313 e. The van der Waals surface area contributed by atoms with Crippen LogP contribution in [0.2, 0.25) is 0 Å². The Hall–Kier alpha value is -3.61. The lowest BCUT2D eigenvalue weighted by Gasteiger charge is -2.19. The number of nitrogens with one attached hydrogen (secondary N) is 2. The number of hydrogen-bond donors (Lipinski definition) is 2. The highest BCUT2D eigenvalue weighted by Crippen LogP contribution is 2.34. The molecular formula is C23H24N4O3. The summed E-state index contributed by atoms with van der Waals surface area (Å²) >= 11 is 0. The van der Waals surface area contributed by atoms with Gasteiger partial charge in [-0.1, -0.05) is 24.3 Å². The lowest BCUT2D eigenvalue weighted by molar-refractivity contribution is -0.136. The number of hydrogen-bond acceptors (Lipinski definition) is 4. The molecule has 30 heavy (non-hydrogen) atoms. The summed E-state index contributed by atoms with van der Waals surface area (Å²) in [4.78, 5) is 25.2. The lowest BCUT2D eigenvalue weighted by atomic mass is 10.0. The van der Waals surface area contributed by atoms with Gasteiger partial charge in [-0.25, -0.2) is 4.68 Å². The molecule has 1 atom stereocenters. The van der Waals surface area contributed by atoms with Crippen LogP contribution in [0.3, 0.4) is 0 Å². The van der Waals surface area contributed by atoms with Crippen LogP contribution in [0.15, 0.2) is 67.0 Å². The number of amides is 2. The van der Waals surface area contributed by atoms with Gasteiger partial charge in [0.25, 0.3) is 0 Å². The van der Waals surface area contributed by atoms with E-state index in [2.05, 4.69) is 15.7 Å². The number of aromatic nitrogens is 2. The average molecular weight is 404 g/mol. The van der Waals surface area contributed by atoms with Crippen LogP contribution in [0, 0.1) is 5.92 Å². The van der Waals surface area contributed by atoms with E-state index in [1.54, 1.807) is 42.4 Å². The number of anilines is 1. The van der Waals surface area contributed by atoms with E-state index in [9.17, 15) is 9.59 Å². The molecule has 2 N–H and O–H groups in total. The van der Waals surface area contributed by atoms with Crippen molar-refractivity contribution in [2.75, 3.05) is 12.4 Å². The molecule has 1 saturated carbocycles. The third-order valence-electron chi connectivity index (χ3n) is 5.21. The van der Waals surface area contributed by atoms with Crippen LogP contribution in [0.4, 0.5) is 5.69 Å². The van der Waals surface area contributed by atoms with Crippen molar-refractivity contribution in [1.29, 1.82) is 0 Å². The molecule has 1 aliphatic carbocycles. The number of carbonyl (C=O) groups is 2. The van der Waals surface area contributed by atoms with E-state index in [4.69, 9.17) is 4.74 Å². The Morgan fingerprint density at radius 2 is 1.97 bits per heavy atom. The first-order valence-corrected chi connectivity index (χ1v) is 9.98. The third-order valence-corrected chi connectivity index (χ3v) is 5.21. The second kappa shape index (κ2) is 8.82. The summed E-state index contributed by atoms with van der Waals surface area (Å²) in [6.07, 6.45) is 6.20. The van der Waals surface area contributed by atoms with E-state index < -0.39 is 11.8 Å². The summed E-state index contributed by atoms with van der Waals surface area (Å²) in [5, 5.41) is 9.83. The fraction of sp³-hybridized carbons (Fsp3) is 0.261. The molecule has 7 heteroatoms. The monoisotopic (exact) mass is 404 g/mol. The van der Waals surface area contributed by atoms with Gasteiger partial charge in [-0.3, -0.25) is 9.59 Å². The first-order valence-electron chi connectivity index (χ1n) is 9.98. The molecule has 0 radical (unpaired) electrons. The zero-order valence-corrected chi connectivity index (χ0v) is 16.7.